The first-order valence-electron chi connectivity index (χ1n) is 9.95. The molecule has 27 heavy (non-hydrogen) atoms. The maximum Gasteiger partial charge on any atom is 0.275 e. The van der Waals surface area contributed by atoms with E-state index in [0.29, 0.717) is 17.5 Å². The predicted molar refractivity (Wildman–Crippen MR) is 104 cm³/mol. The fourth-order valence-corrected chi connectivity index (χ4v) is 4.32. The van der Waals surface area contributed by atoms with Gasteiger partial charge in [-0.2, -0.15) is 5.10 Å². The third-order valence-electron chi connectivity index (χ3n) is 5.95. The molecule has 1 saturated heterocycles. The Morgan fingerprint density at radius 2 is 2.11 bits per heavy atom. The summed E-state index contributed by atoms with van der Waals surface area (Å²) < 4.78 is 2.39. The van der Waals surface area contributed by atoms with Crippen LogP contribution in [0.1, 0.15) is 53.6 Å². The van der Waals surface area contributed by atoms with Crippen molar-refractivity contribution in [2.24, 2.45) is 5.92 Å². The number of amides is 1. The Morgan fingerprint density at radius 1 is 1.26 bits per heavy atom. The molecule has 0 radical (unpaired) electrons. The lowest BCUT2D eigenvalue weighted by atomic mass is 9.97. The first kappa shape index (κ1) is 16.5. The number of nitrogens with one attached hydrogen (secondary N) is 1. The van der Waals surface area contributed by atoms with Crippen molar-refractivity contribution >= 4 is 16.8 Å². The fourth-order valence-electron chi connectivity index (χ4n) is 4.32. The van der Waals surface area contributed by atoms with Crippen molar-refractivity contribution in [2.45, 2.75) is 45.1 Å². The van der Waals surface area contributed by atoms with Crippen LogP contribution in [0.2, 0.25) is 0 Å². The van der Waals surface area contributed by atoms with E-state index in [4.69, 9.17) is 0 Å². The summed E-state index contributed by atoms with van der Waals surface area (Å²) in [4.78, 5) is 19.7. The Morgan fingerprint density at radius 3 is 2.96 bits per heavy atom. The molecule has 1 saturated carbocycles. The largest absolute Gasteiger partial charge is 0.337 e. The molecule has 140 valence electrons. The lowest BCUT2D eigenvalue weighted by Gasteiger charge is -2.33. The van der Waals surface area contributed by atoms with E-state index in [9.17, 15) is 4.79 Å². The number of likely N-dealkylation sites (tertiary alicyclic amines) is 1. The Hall–Kier alpha value is -2.63. The number of aromatic amines is 1. The summed E-state index contributed by atoms with van der Waals surface area (Å²) in [5.41, 5.74) is 2.69. The number of H-pyrrole nitrogens is 1. The molecule has 1 aliphatic heterocycles. The lowest BCUT2D eigenvalue weighted by molar-refractivity contribution is 0.0657. The molecule has 1 N–H and O–H groups in total. The van der Waals surface area contributed by atoms with E-state index in [1.807, 2.05) is 35.4 Å². The smallest absolute Gasteiger partial charge is 0.275 e. The summed E-state index contributed by atoms with van der Waals surface area (Å²) in [5.74, 6) is 2.41. The van der Waals surface area contributed by atoms with Crippen LogP contribution in [0.3, 0.4) is 0 Å². The van der Waals surface area contributed by atoms with Gasteiger partial charge >= 0.3 is 0 Å². The van der Waals surface area contributed by atoms with Crippen LogP contribution in [0.5, 0.6) is 0 Å². The zero-order valence-electron chi connectivity index (χ0n) is 15.7. The minimum Gasteiger partial charge on any atom is -0.337 e. The quantitative estimate of drug-likeness (QED) is 0.771. The Balaban J connectivity index is 1.34. The summed E-state index contributed by atoms with van der Waals surface area (Å²) in [7, 11) is 0. The van der Waals surface area contributed by atoms with E-state index in [-0.39, 0.29) is 5.91 Å². The van der Waals surface area contributed by atoms with Crippen LogP contribution in [0.25, 0.3) is 10.9 Å². The van der Waals surface area contributed by atoms with Crippen LogP contribution in [0.4, 0.5) is 0 Å². The van der Waals surface area contributed by atoms with Gasteiger partial charge in [0.1, 0.15) is 5.82 Å². The van der Waals surface area contributed by atoms with Crippen molar-refractivity contribution in [2.75, 3.05) is 13.1 Å². The van der Waals surface area contributed by atoms with Gasteiger partial charge in [0.25, 0.3) is 5.91 Å². The van der Waals surface area contributed by atoms with Crippen LogP contribution in [0, 0.1) is 12.8 Å². The number of carbonyl (C=O) groups is 1. The highest BCUT2D eigenvalue weighted by Crippen LogP contribution is 2.40. The number of aryl methyl sites for hydroxylation is 1. The zero-order chi connectivity index (χ0) is 18.4. The normalized spacial score (nSPS) is 20.3. The maximum atomic E-state index is 13.1. The first-order valence-corrected chi connectivity index (χ1v) is 9.95. The van der Waals surface area contributed by atoms with Crippen molar-refractivity contribution in [3.8, 4) is 0 Å². The summed E-state index contributed by atoms with van der Waals surface area (Å²) >= 11 is 0. The molecule has 2 fully saturated rings. The highest BCUT2D eigenvalue weighted by Gasteiger charge is 2.31. The van der Waals surface area contributed by atoms with Gasteiger partial charge < -0.3 is 9.47 Å². The molecule has 5 rings (SSSR count). The van der Waals surface area contributed by atoms with Crippen LogP contribution < -0.4 is 0 Å². The van der Waals surface area contributed by atoms with Crippen molar-refractivity contribution in [3.63, 3.8) is 0 Å². The van der Waals surface area contributed by atoms with E-state index in [1.54, 1.807) is 0 Å². The molecule has 6 heteroatoms. The number of nitrogens with zero attached hydrogens (tertiary/aromatic N) is 4. The summed E-state index contributed by atoms with van der Waals surface area (Å²) in [5, 5.41) is 8.19. The first-order chi connectivity index (χ1) is 13.2. The van der Waals surface area contributed by atoms with Crippen LogP contribution in [-0.2, 0) is 6.54 Å². The van der Waals surface area contributed by atoms with Crippen molar-refractivity contribution < 1.29 is 4.79 Å². The van der Waals surface area contributed by atoms with Gasteiger partial charge in [-0.15, -0.1) is 0 Å². The molecule has 6 nitrogen and oxygen atoms in total. The highest BCUT2D eigenvalue weighted by molar-refractivity contribution is 6.04. The van der Waals surface area contributed by atoms with Crippen LogP contribution in [0.15, 0.2) is 30.5 Å². The van der Waals surface area contributed by atoms with Crippen molar-refractivity contribution in [1.82, 2.24) is 24.6 Å². The number of benzene rings is 1. The molecular formula is C21H25N5O. The van der Waals surface area contributed by atoms with E-state index in [1.165, 1.54) is 24.4 Å². The average molecular weight is 363 g/mol. The van der Waals surface area contributed by atoms with Gasteiger partial charge in [-0.25, -0.2) is 4.98 Å². The molecule has 2 aliphatic rings. The van der Waals surface area contributed by atoms with E-state index < -0.39 is 0 Å². The van der Waals surface area contributed by atoms with Gasteiger partial charge in [0.15, 0.2) is 5.69 Å². The molecule has 1 aliphatic carbocycles. The van der Waals surface area contributed by atoms with Gasteiger partial charge in [0, 0.05) is 42.8 Å². The number of carbonyl (C=O) groups excluding carboxylic acids is 1. The zero-order valence-corrected chi connectivity index (χ0v) is 15.7. The topological polar surface area (TPSA) is 66.8 Å². The van der Waals surface area contributed by atoms with E-state index >= 15 is 0 Å². The average Bonchev–Trinajstić information content (AvgIpc) is 3.35. The monoisotopic (exact) mass is 363 g/mol. The maximum absolute atomic E-state index is 13.1. The van der Waals surface area contributed by atoms with E-state index in [0.717, 1.165) is 43.4 Å². The van der Waals surface area contributed by atoms with Crippen molar-refractivity contribution in [3.05, 3.63) is 47.7 Å². The molecule has 3 heterocycles. The van der Waals surface area contributed by atoms with Crippen LogP contribution in [-0.4, -0.2) is 43.6 Å². The second-order valence-corrected chi connectivity index (χ2v) is 8.02. The highest BCUT2D eigenvalue weighted by atomic mass is 16.2. The minimum atomic E-state index is 0.0434. The number of para-hydroxylation sites is 1. The third-order valence-corrected chi connectivity index (χ3v) is 5.95. The van der Waals surface area contributed by atoms with Gasteiger partial charge in [0.05, 0.1) is 5.52 Å². The summed E-state index contributed by atoms with van der Waals surface area (Å²) in [6, 6.07) is 7.83. The molecule has 2 aromatic heterocycles. The standard InChI is InChI=1S/C21H25N5O/c1-14-11-22-20(16-8-9-16)26(14)13-15-5-4-10-25(12-15)21(27)19-17-6-2-3-7-18(17)23-24-19/h2-3,6-7,11,15-16H,4-5,8-10,12-13H2,1H3,(H,23,24). The number of rotatable bonds is 4. The fraction of sp³-hybridized carbons (Fsp3) is 0.476. The Bertz CT molecular complexity index is 984. The second kappa shape index (κ2) is 6.51. The summed E-state index contributed by atoms with van der Waals surface area (Å²) in [6.07, 6.45) is 6.73. The predicted octanol–water partition coefficient (Wildman–Crippen LogP) is 3.50. The molecule has 1 amide bonds. The van der Waals surface area contributed by atoms with Gasteiger partial charge in [0.2, 0.25) is 0 Å². The summed E-state index contributed by atoms with van der Waals surface area (Å²) in [6.45, 7) is 4.71. The van der Waals surface area contributed by atoms with Crippen LogP contribution >= 0.6 is 0 Å². The SMILES string of the molecule is Cc1cnc(C2CC2)n1CC1CCCN(C(=O)c2n[nH]c3ccccc23)C1. The molecule has 0 spiro atoms. The molecular weight excluding hydrogens is 338 g/mol. The molecule has 3 aromatic rings. The molecule has 1 atom stereocenters. The van der Waals surface area contributed by atoms with Gasteiger partial charge in [-0.1, -0.05) is 18.2 Å². The third kappa shape index (κ3) is 3.03. The minimum absolute atomic E-state index is 0.0434. The van der Waals surface area contributed by atoms with E-state index in [2.05, 4.69) is 26.7 Å². The lowest BCUT2D eigenvalue weighted by Crippen LogP contribution is -2.41. The number of piperidine rings is 1. The molecule has 1 unspecified atom stereocenters. The number of fused-ring (bicyclic) bond motifs is 1. The van der Waals surface area contributed by atoms with Crippen molar-refractivity contribution in [1.29, 1.82) is 0 Å². The van der Waals surface area contributed by atoms with Gasteiger partial charge in [-0.3, -0.25) is 9.89 Å². The van der Waals surface area contributed by atoms with Gasteiger partial charge in [-0.05, 0) is 44.6 Å². The molecule has 1 aromatic carbocycles. The number of imidazole rings is 1. The number of hydrogen-bond acceptors (Lipinski definition) is 3. The Kier molecular flexibility index (Phi) is 3.99. The number of hydrogen-bond donors (Lipinski definition) is 1. The number of aromatic nitrogens is 4. The molecule has 0 bridgehead atoms. The Labute approximate surface area is 158 Å². The second-order valence-electron chi connectivity index (χ2n) is 8.02.